The van der Waals surface area contributed by atoms with Crippen molar-refractivity contribution in [3.05, 3.63) is 48.2 Å². The van der Waals surface area contributed by atoms with Crippen molar-refractivity contribution in [3.63, 3.8) is 0 Å². The summed E-state index contributed by atoms with van der Waals surface area (Å²) in [4.78, 5) is 15.4. The zero-order valence-corrected chi connectivity index (χ0v) is 10.1. The van der Waals surface area contributed by atoms with Crippen LogP contribution in [0.2, 0.25) is 0 Å². The Morgan fingerprint density at radius 3 is 3.06 bits per heavy atom. The quantitative estimate of drug-likeness (QED) is 0.779. The van der Waals surface area contributed by atoms with Crippen LogP contribution in [0.1, 0.15) is 29.6 Å². The van der Waals surface area contributed by atoms with Crippen LogP contribution in [0.25, 0.3) is 10.9 Å². The molecule has 0 saturated carbocycles. The largest absolute Gasteiger partial charge is 0.361 e. The fourth-order valence-corrected chi connectivity index (χ4v) is 2.46. The third-order valence-corrected chi connectivity index (χ3v) is 3.44. The minimum Gasteiger partial charge on any atom is -0.361 e. The van der Waals surface area contributed by atoms with Gasteiger partial charge >= 0.3 is 0 Å². The number of nitrogens with one attached hydrogen (secondary N) is 2. The highest BCUT2D eigenvalue weighted by atomic mass is 16.1. The summed E-state index contributed by atoms with van der Waals surface area (Å²) in [6.45, 7) is 0. The molecule has 3 rings (SSSR count). The molecule has 92 valence electrons. The van der Waals surface area contributed by atoms with Crippen LogP contribution in [-0.4, -0.2) is 16.9 Å². The fourth-order valence-electron chi connectivity index (χ4n) is 2.46. The van der Waals surface area contributed by atoms with Crippen LogP contribution in [0.4, 0.5) is 0 Å². The Labute approximate surface area is 106 Å². The molecule has 1 unspecified atom stereocenters. The normalized spacial score (nSPS) is 19.0. The minimum atomic E-state index is 0.0170. The summed E-state index contributed by atoms with van der Waals surface area (Å²) in [5.41, 5.74) is 1.65. The van der Waals surface area contributed by atoms with Gasteiger partial charge in [0.25, 0.3) is 5.91 Å². The van der Waals surface area contributed by atoms with E-state index >= 15 is 0 Å². The summed E-state index contributed by atoms with van der Waals surface area (Å²) < 4.78 is 0. The number of H-pyrrole nitrogens is 1. The first-order chi connectivity index (χ1) is 8.84. The lowest BCUT2D eigenvalue weighted by molar-refractivity contribution is 0.0936. The van der Waals surface area contributed by atoms with E-state index in [1.807, 2.05) is 30.5 Å². The number of aromatic nitrogens is 1. The summed E-state index contributed by atoms with van der Waals surface area (Å²) in [7, 11) is 0. The summed E-state index contributed by atoms with van der Waals surface area (Å²) in [6.07, 6.45) is 9.20. The van der Waals surface area contributed by atoms with Crippen LogP contribution in [0.15, 0.2) is 42.6 Å². The molecule has 3 nitrogen and oxygen atoms in total. The molecule has 0 saturated heterocycles. The van der Waals surface area contributed by atoms with Crippen molar-refractivity contribution >= 4 is 16.8 Å². The maximum absolute atomic E-state index is 12.3. The molecule has 0 spiro atoms. The number of hydrogen-bond donors (Lipinski definition) is 2. The first-order valence-corrected chi connectivity index (χ1v) is 6.36. The molecule has 1 aliphatic carbocycles. The fraction of sp³-hybridized carbons (Fsp3) is 0.267. The highest BCUT2D eigenvalue weighted by Crippen LogP contribution is 2.18. The Hall–Kier alpha value is -2.03. The molecule has 1 heterocycles. The smallest absolute Gasteiger partial charge is 0.253 e. The number of carbonyl (C=O) groups excluding carboxylic acids is 1. The van der Waals surface area contributed by atoms with Crippen LogP contribution in [0.3, 0.4) is 0 Å². The molecular formula is C15H16N2O. The molecule has 1 atom stereocenters. The van der Waals surface area contributed by atoms with Gasteiger partial charge in [0.15, 0.2) is 0 Å². The van der Waals surface area contributed by atoms with Crippen LogP contribution in [-0.2, 0) is 0 Å². The lowest BCUT2D eigenvalue weighted by Gasteiger charge is -2.19. The average molecular weight is 240 g/mol. The maximum Gasteiger partial charge on any atom is 0.253 e. The number of allylic oxidation sites excluding steroid dienone is 1. The molecule has 0 aliphatic heterocycles. The van der Waals surface area contributed by atoms with Gasteiger partial charge in [-0.25, -0.2) is 0 Å². The van der Waals surface area contributed by atoms with Gasteiger partial charge in [-0.2, -0.15) is 0 Å². The third-order valence-electron chi connectivity index (χ3n) is 3.44. The molecule has 1 amide bonds. The van der Waals surface area contributed by atoms with Crippen molar-refractivity contribution in [2.75, 3.05) is 0 Å². The van der Waals surface area contributed by atoms with Crippen LogP contribution >= 0.6 is 0 Å². The Balaban J connectivity index is 1.83. The van der Waals surface area contributed by atoms with Crippen LogP contribution < -0.4 is 5.32 Å². The van der Waals surface area contributed by atoms with Gasteiger partial charge in [-0.15, -0.1) is 0 Å². The second kappa shape index (κ2) is 4.69. The summed E-state index contributed by atoms with van der Waals surface area (Å²) >= 11 is 0. The van der Waals surface area contributed by atoms with E-state index in [1.54, 1.807) is 0 Å². The second-order valence-electron chi connectivity index (χ2n) is 4.70. The second-order valence-corrected chi connectivity index (χ2v) is 4.70. The monoisotopic (exact) mass is 240 g/mol. The number of fused-ring (bicyclic) bond motifs is 1. The molecule has 0 radical (unpaired) electrons. The van der Waals surface area contributed by atoms with E-state index in [1.165, 1.54) is 0 Å². The number of benzene rings is 1. The molecule has 1 aromatic heterocycles. The van der Waals surface area contributed by atoms with E-state index < -0.39 is 0 Å². The van der Waals surface area contributed by atoms with Gasteiger partial charge < -0.3 is 10.3 Å². The van der Waals surface area contributed by atoms with E-state index in [-0.39, 0.29) is 11.9 Å². The SMILES string of the molecule is O=C(NC1CC=CCC1)c1cccc2cc[nH]c12. The molecule has 1 aliphatic rings. The van der Waals surface area contributed by atoms with Gasteiger partial charge in [0.2, 0.25) is 0 Å². The molecule has 2 aromatic rings. The first-order valence-electron chi connectivity index (χ1n) is 6.36. The Bertz CT molecular complexity index is 597. The Morgan fingerprint density at radius 2 is 2.22 bits per heavy atom. The number of aromatic amines is 1. The van der Waals surface area contributed by atoms with Gasteiger partial charge in [0, 0.05) is 17.6 Å². The number of para-hydroxylation sites is 1. The Morgan fingerprint density at radius 1 is 1.28 bits per heavy atom. The van der Waals surface area contributed by atoms with Crippen molar-refractivity contribution in [3.8, 4) is 0 Å². The lowest BCUT2D eigenvalue weighted by atomic mass is 10.0. The molecular weight excluding hydrogens is 224 g/mol. The van der Waals surface area contributed by atoms with Crippen LogP contribution in [0, 0.1) is 0 Å². The van der Waals surface area contributed by atoms with Gasteiger partial charge in [0.05, 0.1) is 11.1 Å². The summed E-state index contributed by atoms with van der Waals surface area (Å²) in [6, 6.07) is 8.05. The van der Waals surface area contributed by atoms with E-state index in [0.717, 1.165) is 35.7 Å². The van der Waals surface area contributed by atoms with Gasteiger partial charge in [-0.3, -0.25) is 4.79 Å². The lowest BCUT2D eigenvalue weighted by Crippen LogP contribution is -2.35. The van der Waals surface area contributed by atoms with Crippen LogP contribution in [0.5, 0.6) is 0 Å². The summed E-state index contributed by atoms with van der Waals surface area (Å²) in [5, 5.41) is 4.18. The highest BCUT2D eigenvalue weighted by molar-refractivity contribution is 6.05. The molecule has 0 fully saturated rings. The number of carbonyl (C=O) groups is 1. The van der Waals surface area contributed by atoms with Crippen molar-refractivity contribution < 1.29 is 4.79 Å². The third kappa shape index (κ3) is 2.04. The average Bonchev–Trinajstić information content (AvgIpc) is 2.87. The van der Waals surface area contributed by atoms with Gasteiger partial charge in [-0.1, -0.05) is 24.3 Å². The molecule has 18 heavy (non-hydrogen) atoms. The first kappa shape index (κ1) is 11.1. The number of amides is 1. The Kier molecular flexibility index (Phi) is 2.89. The topological polar surface area (TPSA) is 44.9 Å². The van der Waals surface area contributed by atoms with E-state index in [0.29, 0.717) is 0 Å². The molecule has 2 N–H and O–H groups in total. The zero-order valence-electron chi connectivity index (χ0n) is 10.1. The highest BCUT2D eigenvalue weighted by Gasteiger charge is 2.16. The maximum atomic E-state index is 12.3. The zero-order chi connectivity index (χ0) is 12.4. The van der Waals surface area contributed by atoms with Crippen molar-refractivity contribution in [1.82, 2.24) is 10.3 Å². The van der Waals surface area contributed by atoms with Crippen molar-refractivity contribution in [2.24, 2.45) is 0 Å². The van der Waals surface area contributed by atoms with Gasteiger partial charge in [0.1, 0.15) is 0 Å². The van der Waals surface area contributed by atoms with E-state index in [2.05, 4.69) is 22.5 Å². The van der Waals surface area contributed by atoms with Crippen molar-refractivity contribution in [2.45, 2.75) is 25.3 Å². The van der Waals surface area contributed by atoms with E-state index in [9.17, 15) is 4.79 Å². The number of hydrogen-bond acceptors (Lipinski definition) is 1. The van der Waals surface area contributed by atoms with E-state index in [4.69, 9.17) is 0 Å². The molecule has 0 bridgehead atoms. The molecule has 3 heteroatoms. The summed E-state index contributed by atoms with van der Waals surface area (Å²) in [5.74, 6) is 0.0170. The minimum absolute atomic E-state index is 0.0170. The predicted molar refractivity (Wildman–Crippen MR) is 72.5 cm³/mol. The predicted octanol–water partition coefficient (Wildman–Crippen LogP) is 3.01. The van der Waals surface area contributed by atoms with Crippen molar-refractivity contribution in [1.29, 1.82) is 0 Å². The standard InChI is InChI=1S/C15H16N2O/c18-15(17-12-6-2-1-3-7-12)13-8-4-5-11-9-10-16-14(11)13/h1-2,4-5,8-10,12,16H,3,6-7H2,(H,17,18). The number of rotatable bonds is 2. The van der Waals surface area contributed by atoms with Gasteiger partial charge in [-0.05, 0) is 31.4 Å². The molecule has 1 aromatic carbocycles.